The fourth-order valence-corrected chi connectivity index (χ4v) is 5.64. The van der Waals surface area contributed by atoms with E-state index in [0.29, 0.717) is 11.8 Å². The third kappa shape index (κ3) is 4.61. The van der Waals surface area contributed by atoms with E-state index in [1.165, 1.54) is 30.0 Å². The Morgan fingerprint density at radius 2 is 2.07 bits per heavy atom. The topological polar surface area (TPSA) is 48.5 Å². The van der Waals surface area contributed by atoms with E-state index in [1.54, 1.807) is 11.3 Å². The van der Waals surface area contributed by atoms with Crippen molar-refractivity contribution in [1.82, 2.24) is 20.1 Å². The maximum absolute atomic E-state index is 13.3. The maximum atomic E-state index is 13.3. The van der Waals surface area contributed by atoms with Gasteiger partial charge in [-0.25, -0.2) is 4.98 Å². The Morgan fingerprint density at radius 1 is 1.30 bits per heavy atom. The van der Waals surface area contributed by atoms with Crippen LogP contribution in [-0.4, -0.2) is 60.0 Å². The van der Waals surface area contributed by atoms with Gasteiger partial charge in [0.2, 0.25) is 5.91 Å². The zero-order valence-electron chi connectivity index (χ0n) is 16.1. The largest absolute Gasteiger partial charge is 0.340 e. The number of piperazine rings is 1. The first-order chi connectivity index (χ1) is 12.2. The third-order valence-electron chi connectivity index (χ3n) is 6.41. The van der Waals surface area contributed by atoms with Crippen molar-refractivity contribution in [1.29, 1.82) is 0 Å². The Kier molecular flexibility index (Phi) is 8.37. The number of nitrogens with one attached hydrogen (secondary N) is 1. The lowest BCUT2D eigenvalue weighted by Gasteiger charge is -2.43. The molecule has 1 saturated carbocycles. The number of carbonyl (C=O) groups is 1. The summed E-state index contributed by atoms with van der Waals surface area (Å²) >= 11 is 1.76. The lowest BCUT2D eigenvalue weighted by atomic mass is 9.67. The Bertz CT molecular complexity index is 621. The van der Waals surface area contributed by atoms with Crippen molar-refractivity contribution in [2.75, 3.05) is 39.3 Å². The summed E-state index contributed by atoms with van der Waals surface area (Å²) in [6.45, 7) is 8.70. The molecule has 1 aromatic rings. The first-order valence-corrected chi connectivity index (χ1v) is 10.7. The van der Waals surface area contributed by atoms with Gasteiger partial charge in [0.1, 0.15) is 0 Å². The zero-order valence-corrected chi connectivity index (χ0v) is 18.6. The van der Waals surface area contributed by atoms with Crippen LogP contribution in [0.4, 0.5) is 0 Å². The van der Waals surface area contributed by atoms with Gasteiger partial charge in [0.25, 0.3) is 0 Å². The average molecular weight is 435 g/mol. The fourth-order valence-electron chi connectivity index (χ4n) is 4.91. The Balaban J connectivity index is 0.00000131. The van der Waals surface area contributed by atoms with Gasteiger partial charge in [-0.1, -0.05) is 19.8 Å². The van der Waals surface area contributed by atoms with E-state index in [1.807, 2.05) is 0 Å². The van der Waals surface area contributed by atoms with Crippen LogP contribution in [-0.2, 0) is 17.8 Å². The Labute approximate surface area is 179 Å². The molecule has 0 unspecified atom stereocenters. The number of hydrogen-bond acceptors (Lipinski definition) is 5. The summed E-state index contributed by atoms with van der Waals surface area (Å²) in [5.41, 5.74) is 1.10. The van der Waals surface area contributed by atoms with Gasteiger partial charge in [0.05, 0.1) is 16.1 Å². The van der Waals surface area contributed by atoms with Gasteiger partial charge in [-0.15, -0.1) is 36.2 Å². The first kappa shape index (κ1) is 22.9. The number of fused-ring (bicyclic) bond motifs is 1. The van der Waals surface area contributed by atoms with E-state index in [9.17, 15) is 4.79 Å². The molecule has 0 aromatic carbocycles. The summed E-state index contributed by atoms with van der Waals surface area (Å²) in [6.07, 6.45) is 5.84. The molecule has 154 valence electrons. The van der Waals surface area contributed by atoms with E-state index >= 15 is 0 Å². The van der Waals surface area contributed by atoms with E-state index in [2.05, 4.69) is 32.4 Å². The first-order valence-electron chi connectivity index (χ1n) is 9.87. The summed E-state index contributed by atoms with van der Waals surface area (Å²) in [7, 11) is 0. The van der Waals surface area contributed by atoms with Crippen LogP contribution in [0.2, 0.25) is 0 Å². The van der Waals surface area contributed by atoms with Gasteiger partial charge in [-0.05, 0) is 31.7 Å². The van der Waals surface area contributed by atoms with Crippen molar-refractivity contribution in [3.63, 3.8) is 0 Å². The number of rotatable bonds is 4. The molecule has 2 aliphatic heterocycles. The highest BCUT2D eigenvalue weighted by molar-refractivity contribution is 7.09. The van der Waals surface area contributed by atoms with E-state index in [4.69, 9.17) is 0 Å². The molecule has 27 heavy (non-hydrogen) atoms. The summed E-state index contributed by atoms with van der Waals surface area (Å²) in [6, 6.07) is 0. The molecule has 1 amide bonds. The molecule has 1 N–H and O–H groups in total. The van der Waals surface area contributed by atoms with Crippen molar-refractivity contribution in [2.45, 2.75) is 45.6 Å². The molecule has 1 aliphatic carbocycles. The molecule has 3 aliphatic rings. The SMILES string of the molecule is CCc1nc(CN2CCN(C(=O)[C@@]34CCCC[C@H]3CNC4)CC2)cs1.Cl.Cl. The second-order valence-electron chi connectivity index (χ2n) is 7.88. The molecule has 2 atom stereocenters. The number of carbonyl (C=O) groups excluding carboxylic acids is 1. The van der Waals surface area contributed by atoms with Crippen LogP contribution in [0.15, 0.2) is 5.38 Å². The van der Waals surface area contributed by atoms with E-state index < -0.39 is 0 Å². The van der Waals surface area contributed by atoms with Gasteiger partial charge in [0.15, 0.2) is 0 Å². The van der Waals surface area contributed by atoms with Crippen LogP contribution in [0, 0.1) is 11.3 Å². The summed E-state index contributed by atoms with van der Waals surface area (Å²) < 4.78 is 0. The maximum Gasteiger partial charge on any atom is 0.230 e. The molecule has 1 aromatic heterocycles. The quantitative estimate of drug-likeness (QED) is 0.790. The molecule has 0 bridgehead atoms. The molecule has 5 nitrogen and oxygen atoms in total. The smallest absolute Gasteiger partial charge is 0.230 e. The minimum absolute atomic E-state index is 0. The normalized spacial score (nSPS) is 28.2. The van der Waals surface area contributed by atoms with Crippen LogP contribution in [0.25, 0.3) is 0 Å². The van der Waals surface area contributed by atoms with Crippen LogP contribution < -0.4 is 5.32 Å². The molecule has 3 heterocycles. The van der Waals surface area contributed by atoms with Gasteiger partial charge < -0.3 is 10.2 Å². The summed E-state index contributed by atoms with van der Waals surface area (Å²) in [5.74, 6) is 0.998. The lowest BCUT2D eigenvalue weighted by molar-refractivity contribution is -0.147. The van der Waals surface area contributed by atoms with Gasteiger partial charge in [-0.2, -0.15) is 0 Å². The number of halogens is 2. The number of nitrogens with zero attached hydrogens (tertiary/aromatic N) is 3. The number of hydrogen-bond donors (Lipinski definition) is 1. The van der Waals surface area contributed by atoms with Crippen molar-refractivity contribution >= 4 is 42.1 Å². The zero-order chi connectivity index (χ0) is 17.3. The average Bonchev–Trinajstić information content (AvgIpc) is 3.29. The minimum atomic E-state index is -0.0919. The van der Waals surface area contributed by atoms with Crippen molar-refractivity contribution < 1.29 is 4.79 Å². The number of aryl methyl sites for hydroxylation is 1. The van der Waals surface area contributed by atoms with Crippen LogP contribution in [0.3, 0.4) is 0 Å². The lowest BCUT2D eigenvalue weighted by Crippen LogP contribution is -2.55. The van der Waals surface area contributed by atoms with E-state index in [-0.39, 0.29) is 30.2 Å². The molecule has 2 saturated heterocycles. The Hall–Kier alpha value is -0.400. The van der Waals surface area contributed by atoms with Gasteiger partial charge >= 0.3 is 0 Å². The summed E-state index contributed by atoms with van der Waals surface area (Å²) in [5, 5.41) is 6.92. The predicted molar refractivity (Wildman–Crippen MR) is 115 cm³/mol. The van der Waals surface area contributed by atoms with E-state index in [0.717, 1.165) is 58.7 Å². The molecular weight excluding hydrogens is 403 g/mol. The fraction of sp³-hybridized carbons (Fsp3) is 0.789. The Morgan fingerprint density at radius 3 is 2.78 bits per heavy atom. The van der Waals surface area contributed by atoms with Crippen molar-refractivity contribution in [2.24, 2.45) is 11.3 Å². The molecule has 0 radical (unpaired) electrons. The summed E-state index contributed by atoms with van der Waals surface area (Å²) in [4.78, 5) is 22.6. The molecule has 0 spiro atoms. The highest BCUT2D eigenvalue weighted by Gasteiger charge is 2.51. The molecule has 3 fully saturated rings. The third-order valence-corrected chi connectivity index (χ3v) is 7.45. The highest BCUT2D eigenvalue weighted by Crippen LogP contribution is 2.45. The van der Waals surface area contributed by atoms with Crippen molar-refractivity contribution in [3.8, 4) is 0 Å². The van der Waals surface area contributed by atoms with Gasteiger partial charge in [0, 0.05) is 44.6 Å². The second-order valence-corrected chi connectivity index (χ2v) is 8.83. The number of thiazole rings is 1. The van der Waals surface area contributed by atoms with Crippen LogP contribution >= 0.6 is 36.2 Å². The minimum Gasteiger partial charge on any atom is -0.340 e. The van der Waals surface area contributed by atoms with Gasteiger partial charge in [-0.3, -0.25) is 9.69 Å². The highest BCUT2D eigenvalue weighted by atomic mass is 35.5. The number of aromatic nitrogens is 1. The number of amides is 1. The molecular formula is C19H32Cl2N4OS. The van der Waals surface area contributed by atoms with Crippen LogP contribution in [0.1, 0.15) is 43.3 Å². The predicted octanol–water partition coefficient (Wildman–Crippen LogP) is 2.97. The van der Waals surface area contributed by atoms with Crippen LogP contribution in [0.5, 0.6) is 0 Å². The standard InChI is InChI=1S/C19H30N4OS.2ClH/c1-2-17-21-16(13-25-17)12-22-7-9-23(10-8-22)18(24)19-6-4-3-5-15(19)11-20-14-19;;/h13,15,20H,2-12,14H2,1H3;2*1H/t15-,19+;;/m0../s1. The molecule has 4 rings (SSSR count). The second kappa shape index (κ2) is 9.88. The molecule has 8 heteroatoms. The monoisotopic (exact) mass is 434 g/mol. The van der Waals surface area contributed by atoms with Crippen molar-refractivity contribution in [3.05, 3.63) is 16.1 Å².